The van der Waals surface area contributed by atoms with Crippen LogP contribution in [0.3, 0.4) is 0 Å². The summed E-state index contributed by atoms with van der Waals surface area (Å²) in [7, 11) is 1.62. The largest absolute Gasteiger partial charge is 0.489 e. The summed E-state index contributed by atoms with van der Waals surface area (Å²) in [5.41, 5.74) is 7.57. The lowest BCUT2D eigenvalue weighted by molar-refractivity contribution is -0.117. The number of anilines is 1. The second-order valence-electron chi connectivity index (χ2n) is 4.72. The van der Waals surface area contributed by atoms with Crippen LogP contribution in [0, 0.1) is 6.92 Å². The van der Waals surface area contributed by atoms with E-state index in [2.05, 4.69) is 5.32 Å². The van der Waals surface area contributed by atoms with Gasteiger partial charge in [0, 0.05) is 7.11 Å². The van der Waals surface area contributed by atoms with E-state index in [9.17, 15) is 4.79 Å². The summed E-state index contributed by atoms with van der Waals surface area (Å²) >= 11 is 1.67. The van der Waals surface area contributed by atoms with Crippen molar-refractivity contribution in [2.45, 2.75) is 19.4 Å². The Kier molecular flexibility index (Phi) is 8.19. The molecule has 0 aliphatic carbocycles. The lowest BCUT2D eigenvalue weighted by Gasteiger charge is -2.15. The normalized spacial score (nSPS) is 12.0. The van der Waals surface area contributed by atoms with Crippen LogP contribution in [0.4, 0.5) is 5.69 Å². The Morgan fingerprint density at radius 2 is 2.19 bits per heavy atom. The van der Waals surface area contributed by atoms with Crippen molar-refractivity contribution in [3.05, 3.63) is 23.8 Å². The van der Waals surface area contributed by atoms with Crippen LogP contribution >= 0.6 is 11.8 Å². The Morgan fingerprint density at radius 1 is 1.43 bits per heavy atom. The molecule has 1 aromatic rings. The number of amides is 1. The molecule has 1 amide bonds. The third-order valence-corrected chi connectivity index (χ3v) is 3.55. The molecule has 0 saturated heterocycles. The van der Waals surface area contributed by atoms with Crippen LogP contribution in [0.5, 0.6) is 5.75 Å². The van der Waals surface area contributed by atoms with Crippen molar-refractivity contribution in [1.82, 2.24) is 0 Å². The van der Waals surface area contributed by atoms with E-state index in [1.165, 1.54) is 0 Å². The predicted molar refractivity (Wildman–Crippen MR) is 88.2 cm³/mol. The highest BCUT2D eigenvalue weighted by Crippen LogP contribution is 2.26. The standard InChI is InChI=1S/C15H24N2O3S/c1-11-4-5-13(14(10-11)20-8-7-19-2)17-15(18)12(16)6-9-21-3/h4-5,10,12H,6-9,16H2,1-3H3,(H,17,18)/t12-/m1/s1. The zero-order valence-electron chi connectivity index (χ0n) is 12.8. The van der Waals surface area contributed by atoms with E-state index in [1.807, 2.05) is 31.4 Å². The van der Waals surface area contributed by atoms with Crippen LogP contribution in [0.2, 0.25) is 0 Å². The predicted octanol–water partition coefficient (Wildman–Crippen LogP) is 2.04. The molecule has 0 heterocycles. The fraction of sp³-hybridized carbons (Fsp3) is 0.533. The Bertz CT molecular complexity index is 455. The van der Waals surface area contributed by atoms with Gasteiger partial charge in [-0.2, -0.15) is 11.8 Å². The van der Waals surface area contributed by atoms with E-state index < -0.39 is 6.04 Å². The topological polar surface area (TPSA) is 73.6 Å². The van der Waals surface area contributed by atoms with Crippen LogP contribution in [-0.2, 0) is 9.53 Å². The highest BCUT2D eigenvalue weighted by molar-refractivity contribution is 7.98. The molecule has 1 atom stereocenters. The minimum atomic E-state index is -0.509. The van der Waals surface area contributed by atoms with Gasteiger partial charge in [0.05, 0.1) is 18.3 Å². The van der Waals surface area contributed by atoms with Gasteiger partial charge in [0.2, 0.25) is 5.91 Å². The first-order valence-corrected chi connectivity index (χ1v) is 8.25. The van der Waals surface area contributed by atoms with Gasteiger partial charge in [-0.15, -0.1) is 0 Å². The molecule has 0 spiro atoms. The summed E-state index contributed by atoms with van der Waals surface area (Å²) in [6.45, 7) is 2.90. The average molecular weight is 312 g/mol. The van der Waals surface area contributed by atoms with E-state index in [-0.39, 0.29) is 5.91 Å². The number of nitrogens with two attached hydrogens (primary N) is 1. The van der Waals surface area contributed by atoms with Crippen molar-refractivity contribution in [1.29, 1.82) is 0 Å². The number of hydrogen-bond acceptors (Lipinski definition) is 5. The summed E-state index contributed by atoms with van der Waals surface area (Å²) in [5.74, 6) is 1.31. The van der Waals surface area contributed by atoms with Gasteiger partial charge in [-0.05, 0) is 43.0 Å². The molecule has 0 aliphatic rings. The molecule has 6 heteroatoms. The first-order valence-electron chi connectivity index (χ1n) is 6.86. The smallest absolute Gasteiger partial charge is 0.241 e. The quantitative estimate of drug-likeness (QED) is 0.683. The number of carbonyl (C=O) groups excluding carboxylic acids is 1. The number of hydrogen-bond donors (Lipinski definition) is 2. The highest BCUT2D eigenvalue weighted by atomic mass is 32.2. The maximum absolute atomic E-state index is 12.1. The molecule has 0 bridgehead atoms. The molecular weight excluding hydrogens is 288 g/mol. The van der Waals surface area contributed by atoms with Crippen molar-refractivity contribution < 1.29 is 14.3 Å². The summed E-state index contributed by atoms with van der Waals surface area (Å²) < 4.78 is 10.6. The molecule has 0 unspecified atom stereocenters. The molecule has 0 saturated carbocycles. The van der Waals surface area contributed by atoms with Crippen molar-refractivity contribution in [2.24, 2.45) is 5.73 Å². The third kappa shape index (κ3) is 6.37. The lowest BCUT2D eigenvalue weighted by Crippen LogP contribution is -2.36. The van der Waals surface area contributed by atoms with E-state index >= 15 is 0 Å². The fourth-order valence-electron chi connectivity index (χ4n) is 1.69. The minimum absolute atomic E-state index is 0.190. The molecule has 5 nitrogen and oxygen atoms in total. The van der Waals surface area contributed by atoms with E-state index in [4.69, 9.17) is 15.2 Å². The molecule has 1 aromatic carbocycles. The molecular formula is C15H24N2O3S. The molecule has 3 N–H and O–H groups in total. The zero-order valence-corrected chi connectivity index (χ0v) is 13.7. The first kappa shape index (κ1) is 17.8. The van der Waals surface area contributed by atoms with Crippen LogP contribution < -0.4 is 15.8 Å². The third-order valence-electron chi connectivity index (χ3n) is 2.91. The van der Waals surface area contributed by atoms with Gasteiger partial charge < -0.3 is 20.5 Å². The Labute approximate surface area is 130 Å². The maximum atomic E-state index is 12.1. The molecule has 0 aromatic heterocycles. The fourth-order valence-corrected chi connectivity index (χ4v) is 2.18. The highest BCUT2D eigenvalue weighted by Gasteiger charge is 2.15. The zero-order chi connectivity index (χ0) is 15.7. The van der Waals surface area contributed by atoms with Gasteiger partial charge >= 0.3 is 0 Å². The summed E-state index contributed by atoms with van der Waals surface area (Å²) in [6.07, 6.45) is 2.64. The maximum Gasteiger partial charge on any atom is 0.241 e. The number of nitrogens with one attached hydrogen (secondary N) is 1. The van der Waals surface area contributed by atoms with Gasteiger partial charge in [0.25, 0.3) is 0 Å². The average Bonchev–Trinajstić information content (AvgIpc) is 2.47. The monoisotopic (exact) mass is 312 g/mol. The molecule has 21 heavy (non-hydrogen) atoms. The number of benzene rings is 1. The van der Waals surface area contributed by atoms with Crippen molar-refractivity contribution in [3.63, 3.8) is 0 Å². The minimum Gasteiger partial charge on any atom is -0.489 e. The van der Waals surface area contributed by atoms with E-state index in [0.29, 0.717) is 31.1 Å². The Morgan fingerprint density at radius 3 is 2.86 bits per heavy atom. The number of ether oxygens (including phenoxy) is 2. The number of aryl methyl sites for hydroxylation is 1. The van der Waals surface area contributed by atoms with Gasteiger partial charge in [0.1, 0.15) is 12.4 Å². The van der Waals surface area contributed by atoms with Gasteiger partial charge in [-0.25, -0.2) is 0 Å². The van der Waals surface area contributed by atoms with Crippen molar-refractivity contribution >= 4 is 23.4 Å². The Balaban J connectivity index is 2.70. The van der Waals surface area contributed by atoms with Gasteiger partial charge in [-0.3, -0.25) is 4.79 Å². The molecule has 0 fully saturated rings. The van der Waals surface area contributed by atoms with E-state index in [1.54, 1.807) is 18.9 Å². The second-order valence-corrected chi connectivity index (χ2v) is 5.70. The van der Waals surface area contributed by atoms with Crippen LogP contribution in [0.1, 0.15) is 12.0 Å². The summed E-state index contributed by atoms with van der Waals surface area (Å²) in [4.78, 5) is 12.1. The number of rotatable bonds is 9. The molecule has 118 valence electrons. The van der Waals surface area contributed by atoms with E-state index in [0.717, 1.165) is 11.3 Å². The Hall–Kier alpha value is -1.24. The van der Waals surface area contributed by atoms with Crippen molar-refractivity contribution in [2.75, 3.05) is 37.6 Å². The number of methoxy groups -OCH3 is 1. The summed E-state index contributed by atoms with van der Waals surface area (Å²) in [6, 6.07) is 5.13. The van der Waals surface area contributed by atoms with Gasteiger partial charge in [0.15, 0.2) is 0 Å². The van der Waals surface area contributed by atoms with Crippen LogP contribution in [0.15, 0.2) is 18.2 Å². The van der Waals surface area contributed by atoms with Crippen molar-refractivity contribution in [3.8, 4) is 5.75 Å². The van der Waals surface area contributed by atoms with Crippen LogP contribution in [0.25, 0.3) is 0 Å². The lowest BCUT2D eigenvalue weighted by atomic mass is 10.2. The number of thioether (sulfide) groups is 1. The van der Waals surface area contributed by atoms with Crippen LogP contribution in [-0.4, -0.2) is 44.3 Å². The second kappa shape index (κ2) is 9.65. The molecule has 0 aliphatic heterocycles. The number of carbonyl (C=O) groups is 1. The van der Waals surface area contributed by atoms with Gasteiger partial charge in [-0.1, -0.05) is 6.07 Å². The molecule has 1 rings (SSSR count). The summed E-state index contributed by atoms with van der Waals surface area (Å²) in [5, 5.41) is 2.83. The molecule has 0 radical (unpaired) electrons. The first-order chi connectivity index (χ1) is 10.1. The SMILES string of the molecule is COCCOc1cc(C)ccc1NC(=O)[C@H](N)CCSC.